The van der Waals surface area contributed by atoms with Gasteiger partial charge in [0.2, 0.25) is 0 Å². The third-order valence-corrected chi connectivity index (χ3v) is 3.82. The predicted octanol–water partition coefficient (Wildman–Crippen LogP) is 2.54. The normalized spacial score (nSPS) is 11.3. The van der Waals surface area contributed by atoms with Crippen molar-refractivity contribution < 1.29 is 23.1 Å². The molecule has 0 aromatic heterocycles. The maximum Gasteiger partial charge on any atom is 0.306 e. The molecule has 5 nitrogen and oxygen atoms in total. The quantitative estimate of drug-likeness (QED) is 0.819. The number of carbonyl (C=O) groups is 1. The minimum absolute atomic E-state index is 0.0782. The molecule has 0 spiro atoms. The molecular formula is C10H10BrClO5S. The predicted molar refractivity (Wildman–Crippen MR) is 69.7 cm³/mol. The highest BCUT2D eigenvalue weighted by atomic mass is 79.9. The number of aryl methyl sites for hydroxylation is 1. The maximum absolute atomic E-state index is 11.4. The number of ether oxygens (including phenoxy) is 1. The summed E-state index contributed by atoms with van der Waals surface area (Å²) in [5, 5.41) is 8.50. The van der Waals surface area contributed by atoms with Gasteiger partial charge >= 0.3 is 5.97 Å². The van der Waals surface area contributed by atoms with Crippen molar-refractivity contribution in [3.8, 4) is 5.75 Å². The SMILES string of the molecule is Cc1cc(Br)cc(S(=O)(=O)Cl)c1OCCC(=O)O. The van der Waals surface area contributed by atoms with E-state index in [-0.39, 0.29) is 23.7 Å². The fraction of sp³-hybridized carbons (Fsp3) is 0.300. The number of carboxylic acids is 1. The molecule has 0 heterocycles. The number of benzene rings is 1. The van der Waals surface area contributed by atoms with Gasteiger partial charge in [0.25, 0.3) is 9.05 Å². The second-order valence-corrected chi connectivity index (χ2v) is 6.93. The average Bonchev–Trinajstić information content (AvgIpc) is 2.18. The van der Waals surface area contributed by atoms with Crippen LogP contribution in [0.5, 0.6) is 5.75 Å². The van der Waals surface area contributed by atoms with E-state index >= 15 is 0 Å². The standard InChI is InChI=1S/C10H10BrClO5S/c1-6-4-7(11)5-8(18(12,15)16)10(6)17-3-2-9(13)14/h4-5H,2-3H2,1H3,(H,13,14). The summed E-state index contributed by atoms with van der Waals surface area (Å²) in [6.07, 6.45) is -0.225. The lowest BCUT2D eigenvalue weighted by molar-refractivity contribution is -0.137. The van der Waals surface area contributed by atoms with Crippen LogP contribution in [-0.4, -0.2) is 26.1 Å². The zero-order valence-corrected chi connectivity index (χ0v) is 12.5. The lowest BCUT2D eigenvalue weighted by atomic mass is 10.2. The van der Waals surface area contributed by atoms with Crippen molar-refractivity contribution >= 4 is 41.6 Å². The van der Waals surface area contributed by atoms with Crippen LogP contribution in [0.2, 0.25) is 0 Å². The number of halogens is 2. The average molecular weight is 358 g/mol. The van der Waals surface area contributed by atoms with Crippen LogP contribution in [0.25, 0.3) is 0 Å². The van der Waals surface area contributed by atoms with E-state index in [1.165, 1.54) is 6.07 Å². The van der Waals surface area contributed by atoms with Crippen molar-refractivity contribution in [2.24, 2.45) is 0 Å². The molecule has 0 saturated carbocycles. The molecule has 1 N–H and O–H groups in total. The summed E-state index contributed by atoms with van der Waals surface area (Å²) < 4.78 is 28.5. The largest absolute Gasteiger partial charge is 0.491 e. The number of aliphatic carboxylic acids is 1. The zero-order valence-electron chi connectivity index (χ0n) is 9.31. The van der Waals surface area contributed by atoms with E-state index in [0.29, 0.717) is 10.0 Å². The summed E-state index contributed by atoms with van der Waals surface area (Å²) in [5.41, 5.74) is 0.550. The fourth-order valence-corrected chi connectivity index (χ4v) is 3.08. The lowest BCUT2D eigenvalue weighted by Crippen LogP contribution is -2.08. The van der Waals surface area contributed by atoms with Crippen molar-refractivity contribution in [2.45, 2.75) is 18.2 Å². The summed E-state index contributed by atoms with van der Waals surface area (Å²) >= 11 is 3.16. The summed E-state index contributed by atoms with van der Waals surface area (Å²) in [5.74, 6) is -0.950. The maximum atomic E-state index is 11.4. The molecule has 0 radical (unpaired) electrons. The Hall–Kier alpha value is -0.790. The van der Waals surface area contributed by atoms with Crippen LogP contribution >= 0.6 is 26.6 Å². The Morgan fingerprint density at radius 1 is 1.50 bits per heavy atom. The Morgan fingerprint density at radius 2 is 2.11 bits per heavy atom. The first kappa shape index (κ1) is 15.3. The van der Waals surface area contributed by atoms with Gasteiger partial charge in [-0.1, -0.05) is 15.9 Å². The van der Waals surface area contributed by atoms with Crippen molar-refractivity contribution in [3.63, 3.8) is 0 Å². The van der Waals surface area contributed by atoms with Gasteiger partial charge in [0.05, 0.1) is 13.0 Å². The third-order valence-electron chi connectivity index (χ3n) is 2.03. The van der Waals surface area contributed by atoms with Crippen LogP contribution < -0.4 is 4.74 Å². The minimum Gasteiger partial charge on any atom is -0.491 e. The van der Waals surface area contributed by atoms with Gasteiger partial charge in [0, 0.05) is 15.2 Å². The minimum atomic E-state index is -3.96. The number of hydrogen-bond donors (Lipinski definition) is 1. The van der Waals surface area contributed by atoms with Gasteiger partial charge in [0.1, 0.15) is 10.6 Å². The molecule has 0 aliphatic carbocycles. The molecule has 0 saturated heterocycles. The number of carboxylic acid groups (broad SMARTS) is 1. The molecule has 1 rings (SSSR count). The van der Waals surface area contributed by atoms with E-state index in [0.717, 1.165) is 0 Å². The van der Waals surface area contributed by atoms with Gasteiger partial charge in [-0.2, -0.15) is 0 Å². The molecule has 1 aromatic carbocycles. The van der Waals surface area contributed by atoms with Crippen LogP contribution in [-0.2, 0) is 13.8 Å². The van der Waals surface area contributed by atoms with E-state index in [9.17, 15) is 13.2 Å². The molecule has 0 aliphatic rings. The van der Waals surface area contributed by atoms with Gasteiger partial charge in [0.15, 0.2) is 0 Å². The zero-order chi connectivity index (χ0) is 13.9. The molecular weight excluding hydrogens is 348 g/mol. The van der Waals surface area contributed by atoms with Crippen LogP contribution in [0.1, 0.15) is 12.0 Å². The van der Waals surface area contributed by atoms with Gasteiger partial charge in [-0.3, -0.25) is 4.79 Å². The van der Waals surface area contributed by atoms with Crippen molar-refractivity contribution in [1.29, 1.82) is 0 Å². The molecule has 0 bridgehead atoms. The highest BCUT2D eigenvalue weighted by Crippen LogP contribution is 2.33. The van der Waals surface area contributed by atoms with Crippen LogP contribution in [0.15, 0.2) is 21.5 Å². The van der Waals surface area contributed by atoms with Crippen molar-refractivity contribution in [2.75, 3.05) is 6.61 Å². The summed E-state index contributed by atoms with van der Waals surface area (Å²) in [7, 11) is 1.34. The van der Waals surface area contributed by atoms with E-state index in [1.54, 1.807) is 13.0 Å². The highest BCUT2D eigenvalue weighted by Gasteiger charge is 2.20. The van der Waals surface area contributed by atoms with E-state index in [2.05, 4.69) is 15.9 Å². The van der Waals surface area contributed by atoms with Crippen molar-refractivity contribution in [1.82, 2.24) is 0 Å². The van der Waals surface area contributed by atoms with E-state index in [4.69, 9.17) is 20.5 Å². The Bertz CT molecular complexity index is 570. The molecule has 8 heteroatoms. The molecule has 0 fully saturated rings. The second-order valence-electron chi connectivity index (χ2n) is 3.48. The molecule has 0 unspecified atom stereocenters. The first-order valence-corrected chi connectivity index (χ1v) is 7.91. The fourth-order valence-electron chi connectivity index (χ4n) is 1.31. The van der Waals surface area contributed by atoms with Gasteiger partial charge in [-0.25, -0.2) is 8.42 Å². The first-order chi connectivity index (χ1) is 8.21. The number of hydrogen-bond acceptors (Lipinski definition) is 4. The van der Waals surface area contributed by atoms with Gasteiger partial charge in [-0.15, -0.1) is 0 Å². The highest BCUT2D eigenvalue weighted by molar-refractivity contribution is 9.10. The summed E-state index contributed by atoms with van der Waals surface area (Å²) in [6.45, 7) is 1.52. The lowest BCUT2D eigenvalue weighted by Gasteiger charge is -2.12. The van der Waals surface area contributed by atoms with Crippen LogP contribution in [0.3, 0.4) is 0 Å². The molecule has 0 atom stereocenters. The Balaban J connectivity index is 3.13. The summed E-state index contributed by atoms with van der Waals surface area (Å²) in [4.78, 5) is 10.2. The van der Waals surface area contributed by atoms with E-state index in [1.807, 2.05) is 0 Å². The molecule has 0 amide bonds. The third kappa shape index (κ3) is 4.15. The molecule has 1 aromatic rings. The monoisotopic (exact) mass is 356 g/mol. The Morgan fingerprint density at radius 3 is 2.61 bits per heavy atom. The van der Waals surface area contributed by atoms with Gasteiger partial charge < -0.3 is 9.84 Å². The molecule has 100 valence electrons. The first-order valence-electron chi connectivity index (χ1n) is 4.81. The Kier molecular flexibility index (Phi) is 5.01. The summed E-state index contributed by atoms with van der Waals surface area (Å²) in [6, 6.07) is 2.97. The second kappa shape index (κ2) is 5.90. The van der Waals surface area contributed by atoms with Crippen LogP contribution in [0, 0.1) is 6.92 Å². The van der Waals surface area contributed by atoms with Crippen molar-refractivity contribution in [3.05, 3.63) is 22.2 Å². The number of rotatable bonds is 5. The molecule has 0 aliphatic heterocycles. The topological polar surface area (TPSA) is 80.7 Å². The Labute approximate surface area is 117 Å². The smallest absolute Gasteiger partial charge is 0.306 e. The molecule has 18 heavy (non-hydrogen) atoms. The van der Waals surface area contributed by atoms with Gasteiger partial charge in [-0.05, 0) is 24.6 Å². The van der Waals surface area contributed by atoms with E-state index < -0.39 is 15.0 Å². The van der Waals surface area contributed by atoms with Crippen LogP contribution in [0.4, 0.5) is 0 Å².